The highest BCUT2D eigenvalue weighted by atomic mass is 16.2. The van der Waals surface area contributed by atoms with Gasteiger partial charge in [0.15, 0.2) is 5.78 Å². The van der Waals surface area contributed by atoms with Gasteiger partial charge in [-0.15, -0.1) is 0 Å². The van der Waals surface area contributed by atoms with E-state index in [0.717, 1.165) is 0 Å². The first-order chi connectivity index (χ1) is 9.60. The van der Waals surface area contributed by atoms with E-state index in [2.05, 4.69) is 10.3 Å². The number of hydrogen-bond acceptors (Lipinski definition) is 4. The molecule has 0 radical (unpaired) electrons. The minimum absolute atomic E-state index is 0.0107. The molecule has 1 heterocycles. The molecule has 1 aromatic carbocycles. The average molecular weight is 272 g/mol. The molecule has 0 bridgehead atoms. The fraction of sp³-hybridized carbons (Fsp3) is 0.214. The van der Waals surface area contributed by atoms with E-state index in [0.29, 0.717) is 30.0 Å². The van der Waals surface area contributed by atoms with E-state index in [-0.39, 0.29) is 11.7 Å². The molecule has 0 fully saturated rings. The van der Waals surface area contributed by atoms with Gasteiger partial charge < -0.3 is 15.6 Å². The summed E-state index contributed by atoms with van der Waals surface area (Å²) < 4.78 is 1.76. The average Bonchev–Trinajstić information content (AvgIpc) is 2.88. The summed E-state index contributed by atoms with van der Waals surface area (Å²) in [6, 6.07) is 6.72. The van der Waals surface area contributed by atoms with Crippen molar-refractivity contribution in [3.8, 4) is 0 Å². The summed E-state index contributed by atoms with van der Waals surface area (Å²) in [5.74, 6) is -0.306. The van der Waals surface area contributed by atoms with Crippen molar-refractivity contribution in [2.24, 2.45) is 5.73 Å². The normalized spacial score (nSPS) is 10.3. The highest BCUT2D eigenvalue weighted by Gasteiger charge is 2.09. The van der Waals surface area contributed by atoms with Crippen molar-refractivity contribution in [1.29, 1.82) is 0 Å². The molecule has 0 aliphatic rings. The van der Waals surface area contributed by atoms with Crippen molar-refractivity contribution in [1.82, 2.24) is 9.55 Å². The van der Waals surface area contributed by atoms with Crippen LogP contribution in [-0.4, -0.2) is 27.8 Å². The Hall–Kier alpha value is -2.47. The number of carbonyl (C=O) groups is 2. The largest absolute Gasteiger partial charge is 0.335 e. The Kier molecular flexibility index (Phi) is 4.27. The third-order valence-electron chi connectivity index (χ3n) is 2.80. The number of amides is 1. The predicted octanol–water partition coefficient (Wildman–Crippen LogP) is 1.30. The van der Waals surface area contributed by atoms with Crippen molar-refractivity contribution in [3.05, 3.63) is 48.0 Å². The Balaban J connectivity index is 2.04. The number of aromatic nitrogens is 2. The molecule has 104 valence electrons. The van der Waals surface area contributed by atoms with Crippen LogP contribution in [0.1, 0.15) is 27.8 Å². The van der Waals surface area contributed by atoms with E-state index in [1.54, 1.807) is 41.4 Å². The predicted molar refractivity (Wildman–Crippen MR) is 75.7 cm³/mol. The van der Waals surface area contributed by atoms with E-state index in [1.165, 1.54) is 6.92 Å². The first-order valence-electron chi connectivity index (χ1n) is 6.24. The van der Waals surface area contributed by atoms with Gasteiger partial charge in [0.2, 0.25) is 0 Å². The van der Waals surface area contributed by atoms with Crippen LogP contribution in [0, 0.1) is 0 Å². The van der Waals surface area contributed by atoms with E-state index >= 15 is 0 Å². The first kappa shape index (κ1) is 14.0. The lowest BCUT2D eigenvalue weighted by Crippen LogP contribution is -2.13. The van der Waals surface area contributed by atoms with Crippen LogP contribution in [0.3, 0.4) is 0 Å². The third kappa shape index (κ3) is 3.30. The number of nitrogens with two attached hydrogens (primary N) is 1. The SMILES string of the molecule is CC(=O)c1ccc(NC(=O)c2cn(CCN)cn2)cc1. The molecule has 0 saturated carbocycles. The second-order valence-electron chi connectivity index (χ2n) is 4.37. The molecular formula is C14H16N4O2. The monoisotopic (exact) mass is 272 g/mol. The highest BCUT2D eigenvalue weighted by molar-refractivity contribution is 6.03. The number of benzene rings is 1. The number of Topliss-reactive ketones (excluding diaryl/α,β-unsaturated/α-hetero) is 1. The molecule has 3 N–H and O–H groups in total. The van der Waals surface area contributed by atoms with Crippen LogP contribution < -0.4 is 11.1 Å². The topological polar surface area (TPSA) is 90.0 Å². The van der Waals surface area contributed by atoms with Gasteiger partial charge in [-0.2, -0.15) is 0 Å². The smallest absolute Gasteiger partial charge is 0.275 e. The summed E-state index contributed by atoms with van der Waals surface area (Å²) in [7, 11) is 0. The lowest BCUT2D eigenvalue weighted by Gasteiger charge is -2.03. The molecule has 0 aliphatic carbocycles. The maximum Gasteiger partial charge on any atom is 0.275 e. The van der Waals surface area contributed by atoms with Gasteiger partial charge in [-0.25, -0.2) is 4.98 Å². The van der Waals surface area contributed by atoms with Crippen molar-refractivity contribution in [2.75, 3.05) is 11.9 Å². The van der Waals surface area contributed by atoms with E-state index < -0.39 is 0 Å². The van der Waals surface area contributed by atoms with Crippen LogP contribution in [0.25, 0.3) is 0 Å². The second-order valence-corrected chi connectivity index (χ2v) is 4.37. The zero-order valence-corrected chi connectivity index (χ0v) is 11.2. The van der Waals surface area contributed by atoms with Gasteiger partial charge >= 0.3 is 0 Å². The molecule has 0 saturated heterocycles. The molecule has 20 heavy (non-hydrogen) atoms. The maximum absolute atomic E-state index is 12.0. The van der Waals surface area contributed by atoms with E-state index in [9.17, 15) is 9.59 Å². The van der Waals surface area contributed by atoms with Crippen molar-refractivity contribution >= 4 is 17.4 Å². The number of rotatable bonds is 5. The number of ketones is 1. The summed E-state index contributed by atoms with van der Waals surface area (Å²) in [6.45, 7) is 2.61. The Morgan fingerprint density at radius 2 is 2.00 bits per heavy atom. The molecule has 1 aromatic heterocycles. The fourth-order valence-corrected chi connectivity index (χ4v) is 1.73. The Morgan fingerprint density at radius 1 is 1.30 bits per heavy atom. The van der Waals surface area contributed by atoms with Crippen LogP contribution in [0.15, 0.2) is 36.8 Å². The minimum Gasteiger partial charge on any atom is -0.335 e. The maximum atomic E-state index is 12.0. The molecule has 1 amide bonds. The van der Waals surface area contributed by atoms with Crippen LogP contribution in [0.5, 0.6) is 0 Å². The van der Waals surface area contributed by atoms with Crippen molar-refractivity contribution < 1.29 is 9.59 Å². The van der Waals surface area contributed by atoms with Crippen LogP contribution >= 0.6 is 0 Å². The summed E-state index contributed by atoms with van der Waals surface area (Å²) >= 11 is 0. The molecule has 0 unspecified atom stereocenters. The number of nitrogens with one attached hydrogen (secondary N) is 1. The first-order valence-corrected chi connectivity index (χ1v) is 6.24. The highest BCUT2D eigenvalue weighted by Crippen LogP contribution is 2.11. The molecule has 0 aliphatic heterocycles. The number of hydrogen-bond donors (Lipinski definition) is 2. The molecule has 6 heteroatoms. The Morgan fingerprint density at radius 3 is 2.60 bits per heavy atom. The van der Waals surface area contributed by atoms with Crippen LogP contribution in [-0.2, 0) is 6.54 Å². The minimum atomic E-state index is -0.295. The Bertz CT molecular complexity index is 616. The van der Waals surface area contributed by atoms with E-state index in [4.69, 9.17) is 5.73 Å². The molecular weight excluding hydrogens is 256 g/mol. The molecule has 0 spiro atoms. The van der Waals surface area contributed by atoms with Gasteiger partial charge in [-0.1, -0.05) is 0 Å². The van der Waals surface area contributed by atoms with Crippen LogP contribution in [0.4, 0.5) is 5.69 Å². The molecule has 2 aromatic rings. The fourth-order valence-electron chi connectivity index (χ4n) is 1.73. The number of carbonyl (C=O) groups excluding carboxylic acids is 2. The molecule has 0 atom stereocenters. The van der Waals surface area contributed by atoms with Crippen molar-refractivity contribution in [3.63, 3.8) is 0 Å². The van der Waals surface area contributed by atoms with Gasteiger partial charge in [0, 0.05) is 30.5 Å². The lowest BCUT2D eigenvalue weighted by molar-refractivity contribution is 0.101. The second kappa shape index (κ2) is 6.12. The summed E-state index contributed by atoms with van der Waals surface area (Å²) in [5.41, 5.74) is 6.98. The zero-order valence-electron chi connectivity index (χ0n) is 11.2. The Labute approximate surface area is 116 Å². The number of nitrogens with zero attached hydrogens (tertiary/aromatic N) is 2. The van der Waals surface area contributed by atoms with Gasteiger partial charge in [0.1, 0.15) is 5.69 Å². The van der Waals surface area contributed by atoms with Gasteiger partial charge in [-0.05, 0) is 31.2 Å². The van der Waals surface area contributed by atoms with Crippen molar-refractivity contribution in [2.45, 2.75) is 13.5 Å². The molecule has 6 nitrogen and oxygen atoms in total. The molecule has 2 rings (SSSR count). The quantitative estimate of drug-likeness (QED) is 0.803. The summed E-state index contributed by atoms with van der Waals surface area (Å²) in [4.78, 5) is 27.1. The zero-order chi connectivity index (χ0) is 14.5. The summed E-state index contributed by atoms with van der Waals surface area (Å²) in [5, 5.41) is 2.72. The van der Waals surface area contributed by atoms with Gasteiger partial charge in [0.05, 0.1) is 6.33 Å². The van der Waals surface area contributed by atoms with Gasteiger partial charge in [-0.3, -0.25) is 9.59 Å². The lowest BCUT2D eigenvalue weighted by atomic mass is 10.1. The third-order valence-corrected chi connectivity index (χ3v) is 2.80. The van der Waals surface area contributed by atoms with Crippen LogP contribution in [0.2, 0.25) is 0 Å². The number of imidazole rings is 1. The summed E-state index contributed by atoms with van der Waals surface area (Å²) in [6.07, 6.45) is 3.22. The van der Waals surface area contributed by atoms with E-state index in [1.807, 2.05) is 0 Å². The number of anilines is 1. The standard InChI is InChI=1S/C14H16N4O2/c1-10(19)11-2-4-12(5-3-11)17-14(20)13-8-18(7-6-15)9-16-13/h2-5,8-9H,6-7,15H2,1H3,(H,17,20). The van der Waals surface area contributed by atoms with Gasteiger partial charge in [0.25, 0.3) is 5.91 Å².